The number of amides is 3. The zero-order valence-corrected chi connectivity index (χ0v) is 22.8. The first-order valence-electron chi connectivity index (χ1n) is 11.9. The van der Waals surface area contributed by atoms with Crippen LogP contribution in [0.1, 0.15) is 12.5 Å². The molecule has 2 aromatic carbocycles. The van der Waals surface area contributed by atoms with Gasteiger partial charge in [-0.2, -0.15) is 0 Å². The summed E-state index contributed by atoms with van der Waals surface area (Å²) in [6, 6.07) is 10.9. The fraction of sp³-hybridized carbons (Fsp3) is 0.280. The minimum atomic E-state index is -2.26. The van der Waals surface area contributed by atoms with Gasteiger partial charge in [-0.05, 0) is 42.3 Å². The van der Waals surface area contributed by atoms with Gasteiger partial charge >= 0.3 is 12.1 Å². The average Bonchev–Trinajstić information content (AvgIpc) is 2.96. The summed E-state index contributed by atoms with van der Waals surface area (Å²) in [6.07, 6.45) is -0.980. The Kier molecular flexibility index (Phi) is 10.5. The lowest BCUT2D eigenvalue weighted by Gasteiger charge is -2.48. The minimum Gasteiger partial charge on any atom is -0.484 e. The molecule has 0 saturated carbocycles. The van der Waals surface area contributed by atoms with E-state index >= 15 is 0 Å². The molecule has 3 amide bonds. The Morgan fingerprint density at radius 1 is 1.15 bits per heavy atom. The number of nitrogens with zero attached hydrogens (tertiary/aromatic N) is 2. The second-order valence-corrected chi connectivity index (χ2v) is 9.86. The number of benzene rings is 2. The van der Waals surface area contributed by atoms with Gasteiger partial charge in [-0.15, -0.1) is 4.83 Å². The third-order valence-electron chi connectivity index (χ3n) is 5.66. The van der Waals surface area contributed by atoms with Crippen LogP contribution < -0.4 is 20.3 Å². The molecule has 3 rings (SSSR count). The molecule has 1 heterocycles. The number of hydrazine groups is 1. The number of non-ortho nitro benzene ring substituents is 1. The maximum Gasteiger partial charge on any atom is 0.422 e. The summed E-state index contributed by atoms with van der Waals surface area (Å²) in [4.78, 5) is 63.7. The number of nitro benzene ring substituents is 1. The smallest absolute Gasteiger partial charge is 0.422 e. The number of para-hydroxylation sites is 1. The Hall–Kier alpha value is -4.83. The number of ether oxygens (including phenoxy) is 3. The number of methoxy groups -OCH3 is 1. The largest absolute Gasteiger partial charge is 0.484 e. The molecule has 0 aliphatic carbocycles. The minimum absolute atomic E-state index is 0.147. The first-order valence-corrected chi connectivity index (χ1v) is 13.1. The molecule has 4 atom stereocenters. The topological polar surface area (TPSA) is 196 Å². The normalized spacial score (nSPS) is 17.3. The summed E-state index contributed by atoms with van der Waals surface area (Å²) in [5.74, 6) is -1.99. The first-order chi connectivity index (χ1) is 19.5. The van der Waals surface area contributed by atoms with Crippen molar-refractivity contribution >= 4 is 40.5 Å². The Morgan fingerprint density at radius 2 is 1.80 bits per heavy atom. The number of carbonyl (C=O) groups is 4. The zero-order valence-electron chi connectivity index (χ0n) is 21.9. The number of carbonyl (C=O) groups excluding carboxylic acids is 4. The van der Waals surface area contributed by atoms with Crippen molar-refractivity contribution in [2.75, 3.05) is 13.7 Å². The van der Waals surface area contributed by atoms with E-state index in [4.69, 9.17) is 9.47 Å². The monoisotopic (exact) mass is 589 g/mol. The van der Waals surface area contributed by atoms with Crippen molar-refractivity contribution in [3.8, 4) is 5.75 Å². The van der Waals surface area contributed by atoms with E-state index in [9.17, 15) is 33.5 Å². The van der Waals surface area contributed by atoms with Crippen LogP contribution in [0.4, 0.5) is 10.5 Å². The van der Waals surface area contributed by atoms with Crippen molar-refractivity contribution in [2.45, 2.75) is 31.0 Å². The van der Waals surface area contributed by atoms with Crippen molar-refractivity contribution in [2.24, 2.45) is 0 Å². The van der Waals surface area contributed by atoms with E-state index < -0.39 is 63.9 Å². The lowest BCUT2D eigenvalue weighted by Crippen LogP contribution is -2.77. The van der Waals surface area contributed by atoms with Crippen molar-refractivity contribution in [3.05, 3.63) is 82.4 Å². The van der Waals surface area contributed by atoms with E-state index in [2.05, 4.69) is 21.5 Å². The Balaban J connectivity index is 1.74. The van der Waals surface area contributed by atoms with Crippen LogP contribution in [0.15, 0.2) is 66.7 Å². The Bertz CT molecular complexity index is 1340. The van der Waals surface area contributed by atoms with Gasteiger partial charge in [0.05, 0.1) is 12.0 Å². The second kappa shape index (κ2) is 14.0. The molecule has 16 heteroatoms. The van der Waals surface area contributed by atoms with Crippen LogP contribution in [0, 0.1) is 10.1 Å². The van der Waals surface area contributed by atoms with E-state index in [0.717, 1.165) is 12.0 Å². The van der Waals surface area contributed by atoms with Gasteiger partial charge < -0.3 is 24.4 Å². The summed E-state index contributed by atoms with van der Waals surface area (Å²) >= 11 is 0. The zero-order chi connectivity index (χ0) is 30.1. The van der Waals surface area contributed by atoms with Crippen LogP contribution in [0.3, 0.4) is 0 Å². The van der Waals surface area contributed by atoms with Crippen molar-refractivity contribution in [1.29, 1.82) is 0 Å². The molecule has 4 unspecified atom stereocenters. The molecule has 0 bridgehead atoms. The predicted octanol–water partition coefficient (Wildman–Crippen LogP) is 0.839. The molecule has 1 aliphatic rings. The van der Waals surface area contributed by atoms with Crippen LogP contribution in [0.2, 0.25) is 0 Å². The second-order valence-electron chi connectivity index (χ2n) is 8.58. The highest BCUT2D eigenvalue weighted by Gasteiger charge is 2.56. The SMILES string of the molecule is C=C(C)C(C(=O)OCc1ccc([N+](=O)[O-])cc1)N1C(=O)C(NC(=O)COc2ccccc2)C1S(=O)NNC(=O)OC. The number of hydrogen-bond acceptors (Lipinski definition) is 10. The van der Waals surface area contributed by atoms with Crippen LogP contribution in [0.5, 0.6) is 5.75 Å². The number of esters is 1. The number of β-lactam (4-membered cyclic amide) rings is 1. The van der Waals surface area contributed by atoms with Gasteiger partial charge in [0, 0.05) is 12.1 Å². The van der Waals surface area contributed by atoms with E-state index in [1.807, 2.05) is 5.43 Å². The summed E-state index contributed by atoms with van der Waals surface area (Å²) < 4.78 is 28.2. The highest BCUT2D eigenvalue weighted by molar-refractivity contribution is 7.83. The van der Waals surface area contributed by atoms with Gasteiger partial charge in [0.15, 0.2) is 18.0 Å². The molecule has 0 spiro atoms. The standard InChI is InChI=1S/C25H27N5O10S/c1-15(2)21(24(33)40-13-16-9-11-17(12-10-16)30(35)36)29-22(32)20(23(29)41(37)28-27-25(34)38-3)26-19(31)14-39-18-7-5-4-6-8-18/h4-12,20-21,23,28H,1,13-14H2,2-3H3,(H,26,31)(H,27,34). The van der Waals surface area contributed by atoms with Crippen molar-refractivity contribution in [3.63, 3.8) is 0 Å². The highest BCUT2D eigenvalue weighted by Crippen LogP contribution is 2.29. The molecule has 1 saturated heterocycles. The maximum absolute atomic E-state index is 13.2. The van der Waals surface area contributed by atoms with Crippen LogP contribution in [-0.4, -0.2) is 69.1 Å². The summed E-state index contributed by atoms with van der Waals surface area (Å²) in [7, 11) is -1.19. The van der Waals surface area contributed by atoms with Gasteiger partial charge in [-0.25, -0.2) is 19.2 Å². The van der Waals surface area contributed by atoms with Crippen molar-refractivity contribution in [1.82, 2.24) is 20.5 Å². The van der Waals surface area contributed by atoms with Crippen LogP contribution in [0.25, 0.3) is 0 Å². The molecule has 3 N–H and O–H groups in total. The summed E-state index contributed by atoms with van der Waals surface area (Å²) in [5, 5.41) is 11.9. The summed E-state index contributed by atoms with van der Waals surface area (Å²) in [5.41, 5.74) is 2.47. The van der Waals surface area contributed by atoms with E-state index in [-0.39, 0.29) is 17.9 Å². The lowest BCUT2D eigenvalue weighted by atomic mass is 9.99. The van der Waals surface area contributed by atoms with E-state index in [1.54, 1.807) is 30.3 Å². The predicted molar refractivity (Wildman–Crippen MR) is 143 cm³/mol. The van der Waals surface area contributed by atoms with Gasteiger partial charge in [0.1, 0.15) is 29.4 Å². The maximum atomic E-state index is 13.2. The number of likely N-dealkylation sites (tertiary alicyclic amines) is 1. The van der Waals surface area contributed by atoms with Crippen LogP contribution >= 0.6 is 0 Å². The Labute approximate surface area is 236 Å². The molecular weight excluding hydrogens is 562 g/mol. The number of nitrogens with one attached hydrogen (secondary N) is 3. The summed E-state index contributed by atoms with van der Waals surface area (Å²) in [6.45, 7) is 4.45. The van der Waals surface area contributed by atoms with Gasteiger partial charge in [-0.1, -0.05) is 24.8 Å². The molecule has 41 heavy (non-hydrogen) atoms. The van der Waals surface area contributed by atoms with Gasteiger partial charge in [0.2, 0.25) is 5.91 Å². The fourth-order valence-electron chi connectivity index (χ4n) is 3.70. The third kappa shape index (κ3) is 7.86. The number of rotatable bonds is 13. The number of nitro groups is 1. The molecule has 2 aromatic rings. The molecule has 218 valence electrons. The first kappa shape index (κ1) is 30.7. The highest BCUT2D eigenvalue weighted by atomic mass is 32.2. The molecule has 0 aromatic heterocycles. The fourth-order valence-corrected chi connectivity index (χ4v) is 4.87. The molecule has 1 fully saturated rings. The molecular formula is C25H27N5O10S. The van der Waals surface area contributed by atoms with Gasteiger partial charge in [-0.3, -0.25) is 19.7 Å². The number of hydrogen-bond donors (Lipinski definition) is 3. The lowest BCUT2D eigenvalue weighted by molar-refractivity contribution is -0.384. The molecule has 1 aliphatic heterocycles. The van der Waals surface area contributed by atoms with E-state index in [1.165, 1.54) is 31.2 Å². The van der Waals surface area contributed by atoms with Crippen LogP contribution in [-0.2, 0) is 41.4 Å². The average molecular weight is 590 g/mol. The van der Waals surface area contributed by atoms with Crippen molar-refractivity contribution < 1.29 is 42.5 Å². The Morgan fingerprint density at radius 3 is 2.39 bits per heavy atom. The van der Waals surface area contributed by atoms with E-state index in [0.29, 0.717) is 11.3 Å². The molecule has 0 radical (unpaired) electrons. The third-order valence-corrected chi connectivity index (χ3v) is 6.91. The quantitative estimate of drug-likeness (QED) is 0.0990. The van der Waals surface area contributed by atoms with Gasteiger partial charge in [0.25, 0.3) is 11.6 Å². The molecule has 15 nitrogen and oxygen atoms in total.